The van der Waals surface area contributed by atoms with Crippen LogP contribution in [0.4, 0.5) is 0 Å². The van der Waals surface area contributed by atoms with Gasteiger partial charge in [0.1, 0.15) is 5.75 Å². The van der Waals surface area contributed by atoms with Crippen molar-refractivity contribution in [2.45, 2.75) is 24.7 Å². The quantitative estimate of drug-likeness (QED) is 0.718. The Labute approximate surface area is 125 Å². The molecule has 1 unspecified atom stereocenters. The normalized spacial score (nSPS) is 13.2. The first kappa shape index (κ1) is 17.2. The van der Waals surface area contributed by atoms with Crippen LogP contribution >= 0.6 is 11.6 Å². The fourth-order valence-corrected chi connectivity index (χ4v) is 3.07. The summed E-state index contributed by atoms with van der Waals surface area (Å²) >= 11 is 5.91. The van der Waals surface area contributed by atoms with E-state index in [0.717, 1.165) is 6.42 Å². The number of ether oxygens (including phenoxy) is 1. The van der Waals surface area contributed by atoms with Gasteiger partial charge in [-0.25, -0.2) is 13.1 Å². The lowest BCUT2D eigenvalue weighted by Gasteiger charge is -2.10. The molecular weight excluding hydrogens is 302 g/mol. The summed E-state index contributed by atoms with van der Waals surface area (Å²) in [6.45, 7) is 2.36. The zero-order valence-corrected chi connectivity index (χ0v) is 13.2. The molecule has 0 saturated heterocycles. The first-order chi connectivity index (χ1) is 9.40. The van der Waals surface area contributed by atoms with Crippen LogP contribution in [-0.2, 0) is 10.0 Å². The van der Waals surface area contributed by atoms with Gasteiger partial charge in [-0.15, -0.1) is 0 Å². The lowest BCUT2D eigenvalue weighted by atomic mass is 10.1. The van der Waals surface area contributed by atoms with Gasteiger partial charge in [-0.3, -0.25) is 0 Å². The summed E-state index contributed by atoms with van der Waals surface area (Å²) in [5.74, 6) is 0.609. The van der Waals surface area contributed by atoms with Crippen LogP contribution in [-0.4, -0.2) is 33.8 Å². The molecule has 0 saturated carbocycles. The van der Waals surface area contributed by atoms with E-state index in [4.69, 9.17) is 21.4 Å². The number of aliphatic hydroxyl groups is 1. The van der Waals surface area contributed by atoms with Crippen LogP contribution in [0, 0.1) is 5.92 Å². The lowest BCUT2D eigenvalue weighted by molar-refractivity contribution is 0.228. The predicted octanol–water partition coefficient (Wildman–Crippen LogP) is 2.04. The standard InChI is InChI=1S/C13H20ClNO4S/c1-10(9-16)4-3-7-15-20(17,18)11-5-6-13(19-2)12(14)8-11/h5-6,8,10,15-16H,3-4,7,9H2,1-2H3. The van der Waals surface area contributed by atoms with Crippen LogP contribution in [0.5, 0.6) is 5.75 Å². The van der Waals surface area contributed by atoms with Gasteiger partial charge in [0.2, 0.25) is 10.0 Å². The number of benzene rings is 1. The fraction of sp³-hybridized carbons (Fsp3) is 0.538. The van der Waals surface area contributed by atoms with Crippen molar-refractivity contribution in [3.8, 4) is 5.75 Å². The second-order valence-electron chi connectivity index (χ2n) is 4.62. The van der Waals surface area contributed by atoms with E-state index in [1.165, 1.54) is 25.3 Å². The Kier molecular flexibility index (Phi) is 6.75. The molecule has 1 aromatic rings. The van der Waals surface area contributed by atoms with Crippen LogP contribution in [0.15, 0.2) is 23.1 Å². The van der Waals surface area contributed by atoms with Crippen LogP contribution in [0.3, 0.4) is 0 Å². The molecule has 1 rings (SSSR count). The Morgan fingerprint density at radius 3 is 2.70 bits per heavy atom. The van der Waals surface area contributed by atoms with Crippen molar-refractivity contribution in [2.75, 3.05) is 20.3 Å². The molecule has 1 aromatic carbocycles. The topological polar surface area (TPSA) is 75.6 Å². The third kappa shape index (κ3) is 4.94. The first-order valence-electron chi connectivity index (χ1n) is 6.34. The molecule has 2 N–H and O–H groups in total. The number of hydrogen-bond donors (Lipinski definition) is 2. The highest BCUT2D eigenvalue weighted by molar-refractivity contribution is 7.89. The molecule has 114 valence electrons. The van der Waals surface area contributed by atoms with Gasteiger partial charge in [-0.05, 0) is 37.0 Å². The SMILES string of the molecule is COc1ccc(S(=O)(=O)NCCCC(C)CO)cc1Cl. The van der Waals surface area contributed by atoms with Gasteiger partial charge < -0.3 is 9.84 Å². The summed E-state index contributed by atoms with van der Waals surface area (Å²) in [5.41, 5.74) is 0. The van der Waals surface area contributed by atoms with Crippen molar-refractivity contribution >= 4 is 21.6 Å². The Balaban J connectivity index is 2.62. The Bertz CT molecular complexity index is 533. The van der Waals surface area contributed by atoms with E-state index in [1.807, 2.05) is 6.92 Å². The minimum atomic E-state index is -3.56. The maximum absolute atomic E-state index is 12.0. The first-order valence-corrected chi connectivity index (χ1v) is 8.21. The van der Waals surface area contributed by atoms with E-state index in [9.17, 15) is 8.42 Å². The van der Waals surface area contributed by atoms with Crippen molar-refractivity contribution in [1.82, 2.24) is 4.72 Å². The highest BCUT2D eigenvalue weighted by atomic mass is 35.5. The summed E-state index contributed by atoms with van der Waals surface area (Å²) in [6.07, 6.45) is 1.44. The summed E-state index contributed by atoms with van der Waals surface area (Å²) in [5, 5.41) is 9.14. The molecule has 0 aliphatic rings. The molecule has 0 fully saturated rings. The van der Waals surface area contributed by atoms with Crippen molar-refractivity contribution in [1.29, 1.82) is 0 Å². The van der Waals surface area contributed by atoms with Gasteiger partial charge in [-0.2, -0.15) is 0 Å². The Morgan fingerprint density at radius 2 is 2.15 bits per heavy atom. The van der Waals surface area contributed by atoms with Crippen LogP contribution < -0.4 is 9.46 Å². The number of nitrogens with one attached hydrogen (secondary N) is 1. The number of methoxy groups -OCH3 is 1. The molecule has 0 radical (unpaired) electrons. The number of hydrogen-bond acceptors (Lipinski definition) is 4. The van der Waals surface area contributed by atoms with Crippen LogP contribution in [0.2, 0.25) is 5.02 Å². The largest absolute Gasteiger partial charge is 0.495 e. The fourth-order valence-electron chi connectivity index (χ4n) is 1.65. The molecule has 0 aromatic heterocycles. The van der Waals surface area contributed by atoms with Crippen molar-refractivity contribution < 1.29 is 18.3 Å². The molecule has 7 heteroatoms. The summed E-state index contributed by atoms with van der Waals surface area (Å²) in [6, 6.07) is 4.33. The van der Waals surface area contributed by atoms with E-state index >= 15 is 0 Å². The summed E-state index contributed by atoms with van der Waals surface area (Å²) < 4.78 is 31.6. The van der Waals surface area contributed by atoms with Crippen LogP contribution in [0.1, 0.15) is 19.8 Å². The predicted molar refractivity (Wildman–Crippen MR) is 78.7 cm³/mol. The van der Waals surface area contributed by atoms with Crippen molar-refractivity contribution in [3.63, 3.8) is 0 Å². The molecule has 0 amide bonds. The smallest absolute Gasteiger partial charge is 0.240 e. The molecule has 1 atom stereocenters. The maximum atomic E-state index is 12.0. The van der Waals surface area contributed by atoms with Crippen molar-refractivity contribution in [3.05, 3.63) is 23.2 Å². The van der Waals surface area contributed by atoms with Gasteiger partial charge in [-0.1, -0.05) is 18.5 Å². The second-order valence-corrected chi connectivity index (χ2v) is 6.80. The monoisotopic (exact) mass is 321 g/mol. The minimum Gasteiger partial charge on any atom is -0.495 e. The van der Waals surface area contributed by atoms with E-state index in [1.54, 1.807) is 0 Å². The molecule has 0 heterocycles. The van der Waals surface area contributed by atoms with Crippen molar-refractivity contribution in [2.24, 2.45) is 5.92 Å². The third-order valence-electron chi connectivity index (χ3n) is 2.91. The highest BCUT2D eigenvalue weighted by Gasteiger charge is 2.15. The molecule has 20 heavy (non-hydrogen) atoms. The molecule has 0 bridgehead atoms. The average molecular weight is 322 g/mol. The number of rotatable bonds is 8. The van der Waals surface area contributed by atoms with E-state index in [-0.39, 0.29) is 22.4 Å². The number of sulfonamides is 1. The zero-order valence-electron chi connectivity index (χ0n) is 11.6. The van der Waals surface area contributed by atoms with Gasteiger partial charge in [0, 0.05) is 13.2 Å². The zero-order chi connectivity index (χ0) is 15.2. The van der Waals surface area contributed by atoms with E-state index in [2.05, 4.69) is 4.72 Å². The summed E-state index contributed by atoms with van der Waals surface area (Å²) in [7, 11) is -2.10. The molecule has 0 aliphatic heterocycles. The average Bonchev–Trinajstić information content (AvgIpc) is 2.43. The highest BCUT2D eigenvalue weighted by Crippen LogP contribution is 2.26. The molecular formula is C13H20ClNO4S. The number of aliphatic hydroxyl groups excluding tert-OH is 1. The Hall–Kier alpha value is -0.820. The molecule has 5 nitrogen and oxygen atoms in total. The molecule has 0 aliphatic carbocycles. The van der Waals surface area contributed by atoms with Gasteiger partial charge >= 0.3 is 0 Å². The van der Waals surface area contributed by atoms with E-state index in [0.29, 0.717) is 18.7 Å². The summed E-state index contributed by atoms with van der Waals surface area (Å²) in [4.78, 5) is 0.110. The van der Waals surface area contributed by atoms with Gasteiger partial charge in [0.25, 0.3) is 0 Å². The third-order valence-corrected chi connectivity index (χ3v) is 4.67. The van der Waals surface area contributed by atoms with Crippen LogP contribution in [0.25, 0.3) is 0 Å². The minimum absolute atomic E-state index is 0.110. The van der Waals surface area contributed by atoms with Gasteiger partial charge in [0.05, 0.1) is 17.0 Å². The van der Waals surface area contributed by atoms with Gasteiger partial charge in [0.15, 0.2) is 0 Å². The second kappa shape index (κ2) is 7.83. The maximum Gasteiger partial charge on any atom is 0.240 e. The lowest BCUT2D eigenvalue weighted by Crippen LogP contribution is -2.25. The molecule has 0 spiro atoms. The number of halogens is 1. The Morgan fingerprint density at radius 1 is 1.45 bits per heavy atom. The van der Waals surface area contributed by atoms with E-state index < -0.39 is 10.0 Å².